The number of hydrogen-bond donors (Lipinski definition) is 2. The van der Waals surface area contributed by atoms with Gasteiger partial charge >= 0.3 is 12.1 Å². The highest BCUT2D eigenvalue weighted by molar-refractivity contribution is 14.1. The first-order valence-electron chi connectivity index (χ1n) is 7.92. The minimum Gasteiger partial charge on any atom is -0.478 e. The number of anilines is 1. The zero-order valence-corrected chi connectivity index (χ0v) is 16.5. The van der Waals surface area contributed by atoms with Gasteiger partial charge in [-0.1, -0.05) is 0 Å². The van der Waals surface area contributed by atoms with Crippen LogP contribution < -0.4 is 5.32 Å². The van der Waals surface area contributed by atoms with Gasteiger partial charge in [0.05, 0.1) is 11.3 Å². The molecular formula is C17H21IN2O5. The Labute approximate surface area is 159 Å². The van der Waals surface area contributed by atoms with Gasteiger partial charge in [-0.15, -0.1) is 0 Å². The average molecular weight is 460 g/mol. The molecule has 0 spiro atoms. The van der Waals surface area contributed by atoms with Gasteiger partial charge < -0.3 is 15.2 Å². The summed E-state index contributed by atoms with van der Waals surface area (Å²) < 4.78 is 6.10. The van der Waals surface area contributed by atoms with Crippen molar-refractivity contribution in [2.45, 2.75) is 45.3 Å². The Morgan fingerprint density at radius 3 is 2.60 bits per heavy atom. The Morgan fingerprint density at radius 2 is 2.00 bits per heavy atom. The number of ether oxygens (including phenoxy) is 1. The summed E-state index contributed by atoms with van der Waals surface area (Å²) in [6.07, 6.45) is 0.666. The summed E-state index contributed by atoms with van der Waals surface area (Å²) in [5, 5.41) is 11.9. The van der Waals surface area contributed by atoms with E-state index < -0.39 is 29.6 Å². The van der Waals surface area contributed by atoms with Crippen LogP contribution in [0.25, 0.3) is 0 Å². The molecule has 1 saturated heterocycles. The van der Waals surface area contributed by atoms with Crippen molar-refractivity contribution in [1.82, 2.24) is 4.90 Å². The Hall–Kier alpha value is -1.84. The maximum atomic E-state index is 12.6. The van der Waals surface area contributed by atoms with Crippen LogP contribution in [0, 0.1) is 3.57 Å². The SMILES string of the molecule is CC(C)(C)OC(=O)N1CCC[C@H]1C(=O)Nc1ccc(I)cc1C(=O)O. The molecule has 7 nitrogen and oxygen atoms in total. The number of carboxylic acid groups (broad SMARTS) is 1. The zero-order chi connectivity index (χ0) is 18.8. The third kappa shape index (κ3) is 5.07. The summed E-state index contributed by atoms with van der Waals surface area (Å²) >= 11 is 2.01. The quantitative estimate of drug-likeness (QED) is 0.675. The molecule has 2 amide bonds. The summed E-state index contributed by atoms with van der Waals surface area (Å²) in [5.74, 6) is -1.53. The zero-order valence-electron chi connectivity index (χ0n) is 14.3. The lowest BCUT2D eigenvalue weighted by Gasteiger charge is -2.28. The fourth-order valence-corrected chi connectivity index (χ4v) is 3.09. The summed E-state index contributed by atoms with van der Waals surface area (Å²) in [7, 11) is 0. The van der Waals surface area contributed by atoms with Gasteiger partial charge in [-0.25, -0.2) is 9.59 Å². The molecule has 1 aliphatic rings. The first-order valence-corrected chi connectivity index (χ1v) is 8.99. The number of nitrogens with zero attached hydrogens (tertiary/aromatic N) is 1. The van der Waals surface area contributed by atoms with Crippen molar-refractivity contribution < 1.29 is 24.2 Å². The summed E-state index contributed by atoms with van der Waals surface area (Å²) in [6, 6.07) is 4.08. The van der Waals surface area contributed by atoms with Gasteiger partial charge in [-0.2, -0.15) is 0 Å². The molecular weight excluding hydrogens is 439 g/mol. The number of rotatable bonds is 3. The molecule has 1 atom stereocenters. The average Bonchev–Trinajstić information content (AvgIpc) is 2.96. The van der Waals surface area contributed by atoms with Crippen LogP contribution in [0.4, 0.5) is 10.5 Å². The van der Waals surface area contributed by atoms with Gasteiger partial charge in [0.25, 0.3) is 0 Å². The number of aromatic carboxylic acids is 1. The Balaban J connectivity index is 2.15. The number of carboxylic acids is 1. The molecule has 0 radical (unpaired) electrons. The largest absolute Gasteiger partial charge is 0.478 e. The normalized spacial score (nSPS) is 17.3. The molecule has 1 aliphatic heterocycles. The molecule has 0 aliphatic carbocycles. The highest BCUT2D eigenvalue weighted by Crippen LogP contribution is 2.24. The highest BCUT2D eigenvalue weighted by atomic mass is 127. The standard InChI is InChI=1S/C17H21IN2O5/c1-17(2,3)25-16(24)20-8-4-5-13(20)14(21)19-12-7-6-10(18)9-11(12)15(22)23/h6-7,9,13H,4-5,8H2,1-3H3,(H,19,21)(H,22,23)/t13-/m0/s1. The number of nitrogens with one attached hydrogen (secondary N) is 1. The van der Waals surface area contributed by atoms with Crippen molar-refractivity contribution in [2.75, 3.05) is 11.9 Å². The van der Waals surface area contributed by atoms with E-state index in [4.69, 9.17) is 4.74 Å². The second-order valence-corrected chi connectivity index (χ2v) is 8.06. The molecule has 8 heteroatoms. The van der Waals surface area contributed by atoms with Crippen LogP contribution in [-0.2, 0) is 9.53 Å². The second kappa shape index (κ2) is 7.59. The van der Waals surface area contributed by atoms with E-state index in [0.717, 1.165) is 3.57 Å². The summed E-state index contributed by atoms with van der Waals surface area (Å²) in [5.41, 5.74) is -0.413. The van der Waals surface area contributed by atoms with Crippen LogP contribution in [0.1, 0.15) is 44.0 Å². The Kier molecular flexibility index (Phi) is 5.91. The third-order valence-corrected chi connectivity index (χ3v) is 4.32. The maximum absolute atomic E-state index is 12.6. The van der Waals surface area contributed by atoms with E-state index in [0.29, 0.717) is 19.4 Å². The van der Waals surface area contributed by atoms with Crippen LogP contribution in [0.15, 0.2) is 18.2 Å². The molecule has 0 aromatic heterocycles. The van der Waals surface area contributed by atoms with E-state index in [-0.39, 0.29) is 11.3 Å². The van der Waals surface area contributed by atoms with Gasteiger partial charge in [0.1, 0.15) is 11.6 Å². The highest BCUT2D eigenvalue weighted by Gasteiger charge is 2.36. The fraction of sp³-hybridized carbons (Fsp3) is 0.471. The van der Waals surface area contributed by atoms with Crippen molar-refractivity contribution in [3.8, 4) is 0 Å². The monoisotopic (exact) mass is 460 g/mol. The predicted molar refractivity (Wildman–Crippen MR) is 101 cm³/mol. The number of carbonyl (C=O) groups excluding carboxylic acids is 2. The maximum Gasteiger partial charge on any atom is 0.410 e. The molecule has 0 saturated carbocycles. The van der Waals surface area contributed by atoms with Gasteiger partial charge in [0.15, 0.2) is 0 Å². The van der Waals surface area contributed by atoms with Crippen LogP contribution >= 0.6 is 22.6 Å². The van der Waals surface area contributed by atoms with E-state index in [1.165, 1.54) is 11.0 Å². The van der Waals surface area contributed by atoms with E-state index in [2.05, 4.69) is 5.32 Å². The smallest absolute Gasteiger partial charge is 0.410 e. The number of benzene rings is 1. The number of hydrogen-bond acceptors (Lipinski definition) is 4. The van der Waals surface area contributed by atoms with Crippen molar-refractivity contribution in [3.63, 3.8) is 0 Å². The first-order chi connectivity index (χ1) is 11.6. The molecule has 136 valence electrons. The van der Waals surface area contributed by atoms with Gasteiger partial charge in [0.2, 0.25) is 5.91 Å². The van der Waals surface area contributed by atoms with E-state index in [1.807, 2.05) is 22.6 Å². The summed E-state index contributed by atoms with van der Waals surface area (Å²) in [4.78, 5) is 37.6. The minimum atomic E-state index is -1.12. The molecule has 1 fully saturated rings. The van der Waals surface area contributed by atoms with Crippen molar-refractivity contribution in [3.05, 3.63) is 27.3 Å². The topological polar surface area (TPSA) is 95.9 Å². The van der Waals surface area contributed by atoms with Crippen molar-refractivity contribution >= 4 is 46.2 Å². The lowest BCUT2D eigenvalue weighted by Crippen LogP contribution is -2.45. The van der Waals surface area contributed by atoms with Crippen LogP contribution in [0.5, 0.6) is 0 Å². The Morgan fingerprint density at radius 1 is 1.32 bits per heavy atom. The minimum absolute atomic E-state index is 0.0158. The molecule has 2 rings (SSSR count). The van der Waals surface area contributed by atoms with E-state index in [1.54, 1.807) is 32.9 Å². The fourth-order valence-electron chi connectivity index (χ4n) is 2.60. The molecule has 1 heterocycles. The molecule has 1 aromatic carbocycles. The molecule has 2 N–H and O–H groups in total. The van der Waals surface area contributed by atoms with E-state index in [9.17, 15) is 19.5 Å². The number of carbonyl (C=O) groups is 3. The van der Waals surface area contributed by atoms with Crippen LogP contribution in [0.3, 0.4) is 0 Å². The molecule has 25 heavy (non-hydrogen) atoms. The number of halogens is 1. The van der Waals surface area contributed by atoms with Crippen LogP contribution in [-0.4, -0.2) is 46.2 Å². The number of likely N-dealkylation sites (tertiary alicyclic amines) is 1. The molecule has 1 aromatic rings. The lowest BCUT2D eigenvalue weighted by molar-refractivity contribution is -0.120. The lowest BCUT2D eigenvalue weighted by atomic mass is 10.1. The predicted octanol–water partition coefficient (Wildman–Crippen LogP) is 3.33. The molecule has 0 unspecified atom stereocenters. The molecule has 0 bridgehead atoms. The van der Waals surface area contributed by atoms with Crippen molar-refractivity contribution in [1.29, 1.82) is 0 Å². The Bertz CT molecular complexity index is 699. The van der Waals surface area contributed by atoms with Gasteiger partial charge in [-0.3, -0.25) is 9.69 Å². The second-order valence-electron chi connectivity index (χ2n) is 6.82. The summed E-state index contributed by atoms with van der Waals surface area (Å²) in [6.45, 7) is 5.73. The van der Waals surface area contributed by atoms with E-state index >= 15 is 0 Å². The van der Waals surface area contributed by atoms with Gasteiger partial charge in [-0.05, 0) is 74.4 Å². The third-order valence-electron chi connectivity index (χ3n) is 3.65. The van der Waals surface area contributed by atoms with Gasteiger partial charge in [0, 0.05) is 10.1 Å². The van der Waals surface area contributed by atoms with Crippen LogP contribution in [0.2, 0.25) is 0 Å². The first kappa shape index (κ1) is 19.5. The number of amides is 2. The van der Waals surface area contributed by atoms with Crippen molar-refractivity contribution in [2.24, 2.45) is 0 Å².